The predicted octanol–water partition coefficient (Wildman–Crippen LogP) is 1.86. The SMILES string of the molecule is COC1CN(c2ccc(C(=O)NCc3cc(C)nc(C)n3)cc2)C1. The van der Waals surface area contributed by atoms with Gasteiger partial charge in [-0.1, -0.05) is 0 Å². The zero-order valence-corrected chi connectivity index (χ0v) is 14.2. The Kier molecular flexibility index (Phi) is 4.76. The second-order valence-electron chi connectivity index (χ2n) is 6.04. The third-order valence-corrected chi connectivity index (χ3v) is 4.13. The molecule has 1 N–H and O–H groups in total. The molecule has 24 heavy (non-hydrogen) atoms. The van der Waals surface area contributed by atoms with Gasteiger partial charge in [0.1, 0.15) is 5.82 Å². The van der Waals surface area contributed by atoms with Crippen molar-refractivity contribution in [3.05, 3.63) is 53.1 Å². The zero-order chi connectivity index (χ0) is 17.1. The minimum Gasteiger partial charge on any atom is -0.378 e. The number of rotatable bonds is 5. The predicted molar refractivity (Wildman–Crippen MR) is 92.1 cm³/mol. The van der Waals surface area contributed by atoms with Crippen LogP contribution in [0.4, 0.5) is 5.69 Å². The van der Waals surface area contributed by atoms with Gasteiger partial charge in [-0.25, -0.2) is 9.97 Å². The number of aromatic nitrogens is 2. The van der Waals surface area contributed by atoms with Crippen LogP contribution in [0.3, 0.4) is 0 Å². The molecule has 3 rings (SSSR count). The van der Waals surface area contributed by atoms with E-state index in [0.717, 1.165) is 30.2 Å². The molecule has 1 aromatic heterocycles. The van der Waals surface area contributed by atoms with Gasteiger partial charge in [-0.2, -0.15) is 0 Å². The maximum atomic E-state index is 12.3. The average molecular weight is 326 g/mol. The van der Waals surface area contributed by atoms with Crippen LogP contribution in [-0.2, 0) is 11.3 Å². The standard InChI is InChI=1S/C18H22N4O2/c1-12-8-15(21-13(2)20-12)9-19-18(23)14-4-6-16(7-5-14)22-10-17(11-22)24-3/h4-8,17H,9-11H2,1-3H3,(H,19,23). The summed E-state index contributed by atoms with van der Waals surface area (Å²) in [7, 11) is 1.73. The van der Waals surface area contributed by atoms with Crippen LogP contribution in [0, 0.1) is 13.8 Å². The van der Waals surface area contributed by atoms with E-state index in [1.807, 2.05) is 44.2 Å². The summed E-state index contributed by atoms with van der Waals surface area (Å²) in [5.74, 6) is 0.612. The number of aryl methyl sites for hydroxylation is 2. The van der Waals surface area contributed by atoms with Gasteiger partial charge in [-0.05, 0) is 44.2 Å². The lowest BCUT2D eigenvalue weighted by atomic mass is 10.1. The second-order valence-corrected chi connectivity index (χ2v) is 6.04. The topological polar surface area (TPSA) is 67.3 Å². The Balaban J connectivity index is 1.57. The molecule has 0 unspecified atom stereocenters. The second kappa shape index (κ2) is 6.97. The van der Waals surface area contributed by atoms with Crippen molar-refractivity contribution >= 4 is 11.6 Å². The van der Waals surface area contributed by atoms with Gasteiger partial charge >= 0.3 is 0 Å². The van der Waals surface area contributed by atoms with Crippen molar-refractivity contribution in [3.63, 3.8) is 0 Å². The van der Waals surface area contributed by atoms with E-state index in [4.69, 9.17) is 4.74 Å². The smallest absolute Gasteiger partial charge is 0.251 e. The molecule has 1 aliphatic rings. The monoisotopic (exact) mass is 326 g/mol. The fourth-order valence-electron chi connectivity index (χ4n) is 2.78. The minimum absolute atomic E-state index is 0.103. The molecule has 0 spiro atoms. The highest BCUT2D eigenvalue weighted by atomic mass is 16.5. The van der Waals surface area contributed by atoms with Gasteiger partial charge in [-0.3, -0.25) is 4.79 Å². The molecule has 0 radical (unpaired) electrons. The minimum atomic E-state index is -0.103. The summed E-state index contributed by atoms with van der Waals surface area (Å²) < 4.78 is 5.27. The summed E-state index contributed by atoms with van der Waals surface area (Å²) in [5, 5.41) is 2.90. The molecule has 1 amide bonds. The molecule has 0 bridgehead atoms. The number of carbonyl (C=O) groups is 1. The summed E-state index contributed by atoms with van der Waals surface area (Å²) in [6.45, 7) is 5.96. The lowest BCUT2D eigenvalue weighted by molar-refractivity contribution is 0.0787. The number of anilines is 1. The Morgan fingerprint density at radius 2 is 1.96 bits per heavy atom. The van der Waals surface area contributed by atoms with Gasteiger partial charge < -0.3 is 15.0 Å². The van der Waals surface area contributed by atoms with Crippen LogP contribution in [0.25, 0.3) is 0 Å². The first-order valence-electron chi connectivity index (χ1n) is 8.02. The number of ether oxygens (including phenoxy) is 1. The average Bonchev–Trinajstić information content (AvgIpc) is 2.51. The molecule has 0 atom stereocenters. The number of hydrogen-bond donors (Lipinski definition) is 1. The summed E-state index contributed by atoms with van der Waals surface area (Å²) in [6, 6.07) is 9.52. The van der Waals surface area contributed by atoms with E-state index in [-0.39, 0.29) is 5.91 Å². The van der Waals surface area contributed by atoms with Gasteiger partial charge in [-0.15, -0.1) is 0 Å². The maximum absolute atomic E-state index is 12.3. The highest BCUT2D eigenvalue weighted by Crippen LogP contribution is 2.22. The van der Waals surface area contributed by atoms with Gasteiger partial charge in [0.25, 0.3) is 5.91 Å². The Morgan fingerprint density at radius 1 is 1.25 bits per heavy atom. The highest BCUT2D eigenvalue weighted by Gasteiger charge is 2.26. The molecule has 2 heterocycles. The van der Waals surface area contributed by atoms with E-state index < -0.39 is 0 Å². The number of nitrogens with zero attached hydrogens (tertiary/aromatic N) is 3. The molecule has 1 fully saturated rings. The Bertz CT molecular complexity index is 704. The Hall–Kier alpha value is -2.47. The summed E-state index contributed by atoms with van der Waals surface area (Å²) in [5.41, 5.74) is 3.48. The third kappa shape index (κ3) is 3.71. The van der Waals surface area contributed by atoms with Crippen molar-refractivity contribution in [2.75, 3.05) is 25.1 Å². The van der Waals surface area contributed by atoms with Crippen molar-refractivity contribution in [2.45, 2.75) is 26.5 Å². The van der Waals surface area contributed by atoms with E-state index >= 15 is 0 Å². The van der Waals surface area contributed by atoms with E-state index in [1.165, 1.54) is 0 Å². The van der Waals surface area contributed by atoms with Crippen molar-refractivity contribution in [1.82, 2.24) is 15.3 Å². The molecule has 1 saturated heterocycles. The van der Waals surface area contributed by atoms with Gasteiger partial charge in [0.15, 0.2) is 0 Å². The van der Waals surface area contributed by atoms with E-state index in [0.29, 0.717) is 24.0 Å². The fraction of sp³-hybridized carbons (Fsp3) is 0.389. The van der Waals surface area contributed by atoms with Crippen LogP contribution in [0.1, 0.15) is 27.6 Å². The zero-order valence-electron chi connectivity index (χ0n) is 14.2. The van der Waals surface area contributed by atoms with Crippen molar-refractivity contribution in [3.8, 4) is 0 Å². The lowest BCUT2D eigenvalue weighted by Crippen LogP contribution is -2.51. The van der Waals surface area contributed by atoms with E-state index in [1.54, 1.807) is 7.11 Å². The number of benzene rings is 1. The van der Waals surface area contributed by atoms with Crippen LogP contribution in [0.15, 0.2) is 30.3 Å². The van der Waals surface area contributed by atoms with Crippen LogP contribution >= 0.6 is 0 Å². The van der Waals surface area contributed by atoms with Crippen molar-refractivity contribution in [1.29, 1.82) is 0 Å². The first-order valence-corrected chi connectivity index (χ1v) is 8.02. The molecule has 0 saturated carbocycles. The van der Waals surface area contributed by atoms with E-state index in [2.05, 4.69) is 20.2 Å². The normalized spacial score (nSPS) is 14.4. The number of amides is 1. The van der Waals surface area contributed by atoms with Gasteiger partial charge in [0.05, 0.1) is 18.3 Å². The molecular weight excluding hydrogens is 304 g/mol. The fourth-order valence-corrected chi connectivity index (χ4v) is 2.78. The third-order valence-electron chi connectivity index (χ3n) is 4.13. The van der Waals surface area contributed by atoms with Crippen LogP contribution in [0.5, 0.6) is 0 Å². The van der Waals surface area contributed by atoms with Gasteiger partial charge in [0, 0.05) is 37.1 Å². The molecule has 0 aliphatic carbocycles. The number of methoxy groups -OCH3 is 1. The first-order chi connectivity index (χ1) is 11.5. The Labute approximate surface area is 141 Å². The van der Waals surface area contributed by atoms with Gasteiger partial charge in [0.2, 0.25) is 0 Å². The highest BCUT2D eigenvalue weighted by molar-refractivity contribution is 5.94. The molecular formula is C18H22N4O2. The van der Waals surface area contributed by atoms with E-state index in [9.17, 15) is 4.79 Å². The number of nitrogens with one attached hydrogen (secondary N) is 1. The van der Waals surface area contributed by atoms with Crippen LogP contribution in [0.2, 0.25) is 0 Å². The molecule has 6 heteroatoms. The summed E-state index contributed by atoms with van der Waals surface area (Å²) in [4.78, 5) is 23.0. The number of carbonyl (C=O) groups excluding carboxylic acids is 1. The van der Waals surface area contributed by atoms with Crippen LogP contribution < -0.4 is 10.2 Å². The Morgan fingerprint density at radius 3 is 2.58 bits per heavy atom. The number of hydrogen-bond acceptors (Lipinski definition) is 5. The molecule has 126 valence electrons. The van der Waals surface area contributed by atoms with Crippen molar-refractivity contribution < 1.29 is 9.53 Å². The molecule has 1 aliphatic heterocycles. The van der Waals surface area contributed by atoms with Crippen molar-refractivity contribution in [2.24, 2.45) is 0 Å². The summed E-state index contributed by atoms with van der Waals surface area (Å²) in [6.07, 6.45) is 0.313. The summed E-state index contributed by atoms with van der Waals surface area (Å²) >= 11 is 0. The first kappa shape index (κ1) is 16.4. The van der Waals surface area contributed by atoms with Crippen LogP contribution in [-0.4, -0.2) is 42.2 Å². The molecule has 6 nitrogen and oxygen atoms in total. The maximum Gasteiger partial charge on any atom is 0.251 e. The largest absolute Gasteiger partial charge is 0.378 e. The lowest BCUT2D eigenvalue weighted by Gasteiger charge is -2.40. The quantitative estimate of drug-likeness (QED) is 0.908. The molecule has 1 aromatic carbocycles. The molecule has 2 aromatic rings.